The van der Waals surface area contributed by atoms with Crippen LogP contribution in [0.1, 0.15) is 40.2 Å². The van der Waals surface area contributed by atoms with Crippen molar-refractivity contribution in [2.45, 2.75) is 44.8 Å². The number of aryl methyl sites for hydroxylation is 2. The average molecular weight is 445 g/mol. The quantitative estimate of drug-likeness (QED) is 0.452. The first-order valence-electron chi connectivity index (χ1n) is 11.9. The van der Waals surface area contributed by atoms with Crippen molar-refractivity contribution in [3.63, 3.8) is 0 Å². The molecule has 3 atom stereocenters. The second-order valence-corrected chi connectivity index (χ2v) is 9.16. The summed E-state index contributed by atoms with van der Waals surface area (Å²) in [6, 6.07) is 26.3. The maximum absolute atomic E-state index is 9.76. The van der Waals surface area contributed by atoms with Crippen molar-refractivity contribution in [3.8, 4) is 5.75 Å². The lowest BCUT2D eigenvalue weighted by molar-refractivity contribution is 0.241. The van der Waals surface area contributed by atoms with Gasteiger partial charge in [-0.15, -0.1) is 0 Å². The van der Waals surface area contributed by atoms with Crippen LogP contribution in [0.15, 0.2) is 72.8 Å². The fourth-order valence-corrected chi connectivity index (χ4v) is 5.23. The van der Waals surface area contributed by atoms with E-state index in [2.05, 4.69) is 97.3 Å². The molecule has 0 bridgehead atoms. The van der Waals surface area contributed by atoms with Gasteiger partial charge in [-0.05, 0) is 61.1 Å². The molecule has 3 unspecified atom stereocenters. The number of benzene rings is 3. The summed E-state index contributed by atoms with van der Waals surface area (Å²) in [6.07, 6.45) is 0.779. The Morgan fingerprint density at radius 1 is 0.970 bits per heavy atom. The van der Waals surface area contributed by atoms with Crippen LogP contribution in [0.3, 0.4) is 0 Å². The van der Waals surface area contributed by atoms with Crippen molar-refractivity contribution in [2.75, 3.05) is 20.3 Å². The Hall–Kier alpha value is -2.66. The van der Waals surface area contributed by atoms with Crippen LogP contribution in [0.4, 0.5) is 0 Å². The minimum Gasteiger partial charge on any atom is -0.496 e. The van der Waals surface area contributed by atoms with Gasteiger partial charge in [0.15, 0.2) is 0 Å². The topological polar surface area (TPSA) is 53.5 Å². The molecular weight excluding hydrogens is 408 g/mol. The summed E-state index contributed by atoms with van der Waals surface area (Å²) >= 11 is 0. The predicted molar refractivity (Wildman–Crippen MR) is 135 cm³/mol. The summed E-state index contributed by atoms with van der Waals surface area (Å²) in [7, 11) is 1.74. The summed E-state index contributed by atoms with van der Waals surface area (Å²) < 4.78 is 5.69. The maximum Gasteiger partial charge on any atom is 0.123 e. The van der Waals surface area contributed by atoms with Crippen LogP contribution in [0.25, 0.3) is 0 Å². The molecule has 1 aliphatic heterocycles. The van der Waals surface area contributed by atoms with Gasteiger partial charge < -0.3 is 20.5 Å². The zero-order valence-corrected chi connectivity index (χ0v) is 19.9. The molecule has 0 radical (unpaired) electrons. The fraction of sp³-hybridized carbons (Fsp3) is 0.379. The Labute approximate surface area is 198 Å². The summed E-state index contributed by atoms with van der Waals surface area (Å²) in [5.74, 6) is 1.50. The van der Waals surface area contributed by atoms with Crippen molar-refractivity contribution >= 4 is 0 Å². The zero-order valence-electron chi connectivity index (χ0n) is 19.9. The van der Waals surface area contributed by atoms with Gasteiger partial charge >= 0.3 is 0 Å². The minimum absolute atomic E-state index is 0.200. The number of ether oxygens (including phenoxy) is 1. The highest BCUT2D eigenvalue weighted by Crippen LogP contribution is 2.35. The van der Waals surface area contributed by atoms with E-state index in [-0.39, 0.29) is 24.6 Å². The molecule has 3 aromatic carbocycles. The SMILES string of the molecule is COc1cc(C)c(C)cc1CNC1C(CCO)CNC1C(c1ccccc1)c1ccccc1. The average Bonchev–Trinajstić information content (AvgIpc) is 3.23. The number of rotatable bonds is 9. The Morgan fingerprint density at radius 2 is 1.58 bits per heavy atom. The number of methoxy groups -OCH3 is 1. The number of nitrogens with one attached hydrogen (secondary N) is 2. The molecule has 0 saturated carbocycles. The summed E-state index contributed by atoms with van der Waals surface area (Å²) in [4.78, 5) is 0. The summed E-state index contributed by atoms with van der Waals surface area (Å²) in [5, 5.41) is 17.5. The molecule has 1 saturated heterocycles. The number of hydrogen-bond donors (Lipinski definition) is 3. The first-order valence-corrected chi connectivity index (χ1v) is 11.9. The van der Waals surface area contributed by atoms with E-state index >= 15 is 0 Å². The molecule has 1 fully saturated rings. The monoisotopic (exact) mass is 444 g/mol. The van der Waals surface area contributed by atoms with Crippen molar-refractivity contribution in [3.05, 3.63) is 101 Å². The molecule has 1 aliphatic rings. The largest absolute Gasteiger partial charge is 0.496 e. The van der Waals surface area contributed by atoms with E-state index in [4.69, 9.17) is 4.74 Å². The van der Waals surface area contributed by atoms with Gasteiger partial charge in [-0.2, -0.15) is 0 Å². The molecule has 3 N–H and O–H groups in total. The zero-order chi connectivity index (χ0) is 23.2. The van der Waals surface area contributed by atoms with Crippen molar-refractivity contribution < 1.29 is 9.84 Å². The lowest BCUT2D eigenvalue weighted by Crippen LogP contribution is -2.46. The second-order valence-electron chi connectivity index (χ2n) is 9.16. The van der Waals surface area contributed by atoms with Gasteiger partial charge in [-0.25, -0.2) is 0 Å². The third-order valence-electron chi connectivity index (χ3n) is 7.11. The van der Waals surface area contributed by atoms with Crippen LogP contribution < -0.4 is 15.4 Å². The highest BCUT2D eigenvalue weighted by molar-refractivity contribution is 5.42. The highest BCUT2D eigenvalue weighted by Gasteiger charge is 2.40. The third-order valence-corrected chi connectivity index (χ3v) is 7.11. The Balaban J connectivity index is 1.66. The van der Waals surface area contributed by atoms with Crippen LogP contribution in [-0.2, 0) is 6.54 Å². The van der Waals surface area contributed by atoms with Gasteiger partial charge in [0.05, 0.1) is 7.11 Å². The first-order chi connectivity index (χ1) is 16.1. The Kier molecular flexibility index (Phi) is 7.81. The smallest absolute Gasteiger partial charge is 0.123 e. The molecule has 33 heavy (non-hydrogen) atoms. The van der Waals surface area contributed by atoms with E-state index in [0.717, 1.165) is 25.3 Å². The van der Waals surface area contributed by atoms with E-state index in [1.54, 1.807) is 7.11 Å². The standard InChI is InChI=1S/C29H36N2O2/c1-20-16-25(26(33-3)17-21(20)2)19-30-28-24(14-15-32)18-31-29(28)27(22-10-6-4-7-11-22)23-12-8-5-9-13-23/h4-13,16-17,24,27-32H,14-15,18-19H2,1-3H3. The summed E-state index contributed by atoms with van der Waals surface area (Å²) in [6.45, 7) is 6.08. The molecular formula is C29H36N2O2. The molecule has 3 aromatic rings. The molecule has 4 nitrogen and oxygen atoms in total. The predicted octanol–water partition coefficient (Wildman–Crippen LogP) is 4.57. The van der Waals surface area contributed by atoms with E-state index in [9.17, 15) is 5.11 Å². The van der Waals surface area contributed by atoms with Gasteiger partial charge in [-0.3, -0.25) is 0 Å². The van der Waals surface area contributed by atoms with Crippen LogP contribution in [0, 0.1) is 19.8 Å². The number of aliphatic hydroxyl groups is 1. The maximum atomic E-state index is 9.76. The highest BCUT2D eigenvalue weighted by atomic mass is 16.5. The lowest BCUT2D eigenvalue weighted by Gasteiger charge is -2.32. The molecule has 4 rings (SSSR count). The van der Waals surface area contributed by atoms with Crippen LogP contribution >= 0.6 is 0 Å². The van der Waals surface area contributed by atoms with E-state index in [0.29, 0.717) is 5.92 Å². The fourth-order valence-electron chi connectivity index (χ4n) is 5.23. The third kappa shape index (κ3) is 5.30. The van der Waals surface area contributed by atoms with Gasteiger partial charge in [-0.1, -0.05) is 66.7 Å². The van der Waals surface area contributed by atoms with Crippen LogP contribution in [0.2, 0.25) is 0 Å². The van der Waals surface area contributed by atoms with Crippen LogP contribution in [-0.4, -0.2) is 37.5 Å². The first kappa shape index (κ1) is 23.5. The normalized spacial score (nSPS) is 20.3. The summed E-state index contributed by atoms with van der Waals surface area (Å²) in [5.41, 5.74) is 6.29. The molecule has 1 heterocycles. The molecule has 0 spiro atoms. The van der Waals surface area contributed by atoms with Gasteiger partial charge in [0.2, 0.25) is 0 Å². The molecule has 4 heteroatoms. The Bertz CT molecular complexity index is 983. The molecule has 0 aliphatic carbocycles. The van der Waals surface area contributed by atoms with Crippen LogP contribution in [0.5, 0.6) is 5.75 Å². The van der Waals surface area contributed by atoms with Crippen molar-refractivity contribution in [2.24, 2.45) is 5.92 Å². The molecule has 0 aromatic heterocycles. The van der Waals surface area contributed by atoms with E-state index in [1.807, 2.05) is 0 Å². The van der Waals surface area contributed by atoms with Crippen molar-refractivity contribution in [1.82, 2.24) is 10.6 Å². The van der Waals surface area contributed by atoms with Gasteiger partial charge in [0, 0.05) is 36.7 Å². The van der Waals surface area contributed by atoms with Crippen molar-refractivity contribution in [1.29, 1.82) is 0 Å². The van der Waals surface area contributed by atoms with E-state index < -0.39 is 0 Å². The van der Waals surface area contributed by atoms with Gasteiger partial charge in [0.1, 0.15) is 5.75 Å². The molecule has 174 valence electrons. The minimum atomic E-state index is 0.200. The lowest BCUT2D eigenvalue weighted by atomic mass is 9.80. The molecule has 0 amide bonds. The van der Waals surface area contributed by atoms with Gasteiger partial charge in [0.25, 0.3) is 0 Å². The number of hydrogen-bond acceptors (Lipinski definition) is 4. The van der Waals surface area contributed by atoms with E-state index in [1.165, 1.54) is 27.8 Å². The number of aliphatic hydroxyl groups excluding tert-OH is 1. The second kappa shape index (κ2) is 11.0. The Morgan fingerprint density at radius 3 is 2.15 bits per heavy atom.